The van der Waals surface area contributed by atoms with Crippen LogP contribution in [0.4, 0.5) is 4.79 Å². The molecule has 0 fully saturated rings. The Hall–Kier alpha value is -2.11. The number of hydrogen-bond acceptors (Lipinski definition) is 4. The molecule has 0 spiro atoms. The minimum Gasteiger partial charge on any atom is -0.478 e. The molecule has 2 heterocycles. The number of carboxylic acids is 1. The van der Waals surface area contributed by atoms with Crippen molar-refractivity contribution in [3.63, 3.8) is 0 Å². The number of rotatable bonds is 3. The number of aromatic carboxylic acids is 1. The number of ether oxygens (including phenoxy) is 1. The molecule has 23 heavy (non-hydrogen) atoms. The maximum atomic E-state index is 12.2. The van der Waals surface area contributed by atoms with Crippen LogP contribution >= 0.6 is 0 Å². The predicted molar refractivity (Wildman–Crippen MR) is 85.5 cm³/mol. The summed E-state index contributed by atoms with van der Waals surface area (Å²) in [7, 11) is 0. The quantitative estimate of drug-likeness (QED) is 0.926. The Morgan fingerprint density at radius 3 is 2.65 bits per heavy atom. The summed E-state index contributed by atoms with van der Waals surface area (Å²) in [5.41, 5.74) is 1.99. The molecule has 6 nitrogen and oxygen atoms in total. The Labute approximate surface area is 136 Å². The minimum absolute atomic E-state index is 0.233. The van der Waals surface area contributed by atoms with Gasteiger partial charge in [0.1, 0.15) is 5.60 Å². The Morgan fingerprint density at radius 1 is 1.39 bits per heavy atom. The molecule has 2 rings (SSSR count). The Bertz CT molecular complexity index is 620. The summed E-state index contributed by atoms with van der Waals surface area (Å²) in [5, 5.41) is 9.38. The lowest BCUT2D eigenvalue weighted by Gasteiger charge is -2.31. The summed E-state index contributed by atoms with van der Waals surface area (Å²) in [4.78, 5) is 29.7. The zero-order valence-corrected chi connectivity index (χ0v) is 14.2. The molecular formula is C17H24N2O4. The summed E-state index contributed by atoms with van der Waals surface area (Å²) in [6.07, 6.45) is 1.73. The number of pyridine rings is 1. The van der Waals surface area contributed by atoms with Crippen LogP contribution in [0.25, 0.3) is 0 Å². The summed E-state index contributed by atoms with van der Waals surface area (Å²) >= 11 is 0. The number of hydrogen-bond donors (Lipinski definition) is 1. The van der Waals surface area contributed by atoms with E-state index >= 15 is 0 Å². The fraction of sp³-hybridized carbons (Fsp3) is 0.588. The molecular weight excluding hydrogens is 296 g/mol. The van der Waals surface area contributed by atoms with Crippen LogP contribution in [-0.4, -0.2) is 39.2 Å². The first-order valence-electron chi connectivity index (χ1n) is 7.94. The van der Waals surface area contributed by atoms with Crippen molar-refractivity contribution in [2.75, 3.05) is 6.54 Å². The summed E-state index contributed by atoms with van der Waals surface area (Å²) in [5.74, 6) is -0.974. The molecule has 0 saturated heterocycles. The first-order valence-corrected chi connectivity index (χ1v) is 7.94. The van der Waals surface area contributed by atoms with Crippen molar-refractivity contribution < 1.29 is 19.4 Å². The van der Waals surface area contributed by atoms with Gasteiger partial charge in [0.2, 0.25) is 0 Å². The van der Waals surface area contributed by atoms with E-state index in [9.17, 15) is 14.7 Å². The molecule has 6 heteroatoms. The third-order valence-corrected chi connectivity index (χ3v) is 3.62. The monoisotopic (exact) mass is 320 g/mol. The standard InChI is InChI=1S/C17H24N2O4/c1-5-6-14-12(15(20)21)9-11-10-19(8-7-13(11)18-14)16(22)23-17(2,3)4/h9H,5-8,10H2,1-4H3,(H,20,21). The Kier molecular flexibility index (Phi) is 4.92. The SMILES string of the molecule is CCCc1nc2c(cc1C(=O)O)CN(C(=O)OC(C)(C)C)CC2. The van der Waals surface area contributed by atoms with Crippen LogP contribution in [0.5, 0.6) is 0 Å². The van der Waals surface area contributed by atoms with E-state index in [2.05, 4.69) is 4.98 Å². The third kappa shape index (κ3) is 4.21. The summed E-state index contributed by atoms with van der Waals surface area (Å²) in [6, 6.07) is 1.66. The average molecular weight is 320 g/mol. The number of nitrogens with zero attached hydrogens (tertiary/aromatic N) is 2. The number of aromatic nitrogens is 1. The average Bonchev–Trinajstić information content (AvgIpc) is 2.44. The van der Waals surface area contributed by atoms with Crippen LogP contribution in [0, 0.1) is 0 Å². The van der Waals surface area contributed by atoms with Crippen molar-refractivity contribution in [1.29, 1.82) is 0 Å². The highest BCUT2D eigenvalue weighted by molar-refractivity contribution is 5.89. The van der Waals surface area contributed by atoms with E-state index in [1.165, 1.54) is 0 Å². The van der Waals surface area contributed by atoms with E-state index in [0.29, 0.717) is 31.6 Å². The lowest BCUT2D eigenvalue weighted by Crippen LogP contribution is -2.40. The number of carboxylic acid groups (broad SMARTS) is 1. The maximum absolute atomic E-state index is 12.2. The topological polar surface area (TPSA) is 79.7 Å². The van der Waals surface area contributed by atoms with Crippen LogP contribution in [0.3, 0.4) is 0 Å². The Balaban J connectivity index is 2.25. The maximum Gasteiger partial charge on any atom is 0.410 e. The molecule has 0 atom stereocenters. The minimum atomic E-state index is -0.974. The number of aryl methyl sites for hydroxylation is 1. The van der Waals surface area contributed by atoms with Crippen LogP contribution in [-0.2, 0) is 24.1 Å². The molecule has 1 amide bonds. The molecule has 1 aliphatic heterocycles. The first-order chi connectivity index (χ1) is 10.7. The number of carbonyl (C=O) groups is 2. The van der Waals surface area contributed by atoms with Gasteiger partial charge >= 0.3 is 12.1 Å². The highest BCUT2D eigenvalue weighted by atomic mass is 16.6. The van der Waals surface area contributed by atoms with E-state index in [-0.39, 0.29) is 11.7 Å². The molecule has 1 aromatic heterocycles. The van der Waals surface area contributed by atoms with Crippen LogP contribution in [0.2, 0.25) is 0 Å². The third-order valence-electron chi connectivity index (χ3n) is 3.62. The smallest absolute Gasteiger partial charge is 0.410 e. The number of carbonyl (C=O) groups excluding carboxylic acids is 1. The molecule has 1 aliphatic rings. The van der Waals surface area contributed by atoms with Gasteiger partial charge in [0, 0.05) is 18.7 Å². The largest absolute Gasteiger partial charge is 0.478 e. The second-order valence-electron chi connectivity index (χ2n) is 6.80. The number of fused-ring (bicyclic) bond motifs is 1. The molecule has 0 bridgehead atoms. The van der Waals surface area contributed by atoms with Gasteiger partial charge in [-0.1, -0.05) is 13.3 Å². The predicted octanol–water partition coefficient (Wildman–Crippen LogP) is 3.03. The lowest BCUT2D eigenvalue weighted by atomic mass is 10.00. The molecule has 0 aromatic carbocycles. The van der Waals surface area contributed by atoms with Gasteiger partial charge in [-0.25, -0.2) is 9.59 Å². The zero-order chi connectivity index (χ0) is 17.2. The molecule has 0 radical (unpaired) electrons. The summed E-state index contributed by atoms with van der Waals surface area (Å²) in [6.45, 7) is 8.34. The first kappa shape index (κ1) is 17.2. The van der Waals surface area contributed by atoms with Gasteiger partial charge in [-0.05, 0) is 38.8 Å². The van der Waals surface area contributed by atoms with Gasteiger partial charge in [0.05, 0.1) is 17.8 Å². The van der Waals surface area contributed by atoms with Crippen molar-refractivity contribution in [3.05, 3.63) is 28.6 Å². The van der Waals surface area contributed by atoms with E-state index in [0.717, 1.165) is 17.7 Å². The van der Waals surface area contributed by atoms with Crippen molar-refractivity contribution in [3.8, 4) is 0 Å². The highest BCUT2D eigenvalue weighted by Gasteiger charge is 2.27. The van der Waals surface area contributed by atoms with Gasteiger partial charge in [0.25, 0.3) is 0 Å². The van der Waals surface area contributed by atoms with Crippen LogP contribution < -0.4 is 0 Å². The second-order valence-corrected chi connectivity index (χ2v) is 6.80. The van der Waals surface area contributed by atoms with Gasteiger partial charge in [0.15, 0.2) is 0 Å². The van der Waals surface area contributed by atoms with Gasteiger partial charge < -0.3 is 14.7 Å². The van der Waals surface area contributed by atoms with Crippen molar-refractivity contribution in [2.24, 2.45) is 0 Å². The molecule has 1 N–H and O–H groups in total. The molecule has 1 aromatic rings. The van der Waals surface area contributed by atoms with E-state index in [4.69, 9.17) is 4.74 Å². The highest BCUT2D eigenvalue weighted by Crippen LogP contribution is 2.23. The second kappa shape index (κ2) is 6.56. The number of amides is 1. The van der Waals surface area contributed by atoms with Crippen molar-refractivity contribution in [1.82, 2.24) is 9.88 Å². The fourth-order valence-corrected chi connectivity index (χ4v) is 2.61. The summed E-state index contributed by atoms with van der Waals surface area (Å²) < 4.78 is 5.38. The van der Waals surface area contributed by atoms with Crippen LogP contribution in [0.1, 0.15) is 61.4 Å². The molecule has 0 unspecified atom stereocenters. The molecule has 0 saturated carbocycles. The Morgan fingerprint density at radius 2 is 2.09 bits per heavy atom. The molecule has 126 valence electrons. The van der Waals surface area contributed by atoms with E-state index in [1.807, 2.05) is 27.7 Å². The lowest BCUT2D eigenvalue weighted by molar-refractivity contribution is 0.0222. The fourth-order valence-electron chi connectivity index (χ4n) is 2.61. The van der Waals surface area contributed by atoms with Gasteiger partial charge in [-0.3, -0.25) is 4.98 Å². The van der Waals surface area contributed by atoms with Crippen molar-refractivity contribution >= 4 is 12.1 Å². The van der Waals surface area contributed by atoms with Gasteiger partial charge in [-0.2, -0.15) is 0 Å². The van der Waals surface area contributed by atoms with Crippen LogP contribution in [0.15, 0.2) is 6.07 Å². The van der Waals surface area contributed by atoms with Gasteiger partial charge in [-0.15, -0.1) is 0 Å². The zero-order valence-electron chi connectivity index (χ0n) is 14.2. The van der Waals surface area contributed by atoms with Crippen molar-refractivity contribution in [2.45, 2.75) is 59.1 Å². The normalized spacial score (nSPS) is 14.3. The van der Waals surface area contributed by atoms with E-state index < -0.39 is 11.6 Å². The van der Waals surface area contributed by atoms with E-state index in [1.54, 1.807) is 11.0 Å². The molecule has 0 aliphatic carbocycles.